The van der Waals surface area contributed by atoms with E-state index in [1.54, 1.807) is 65.2 Å². The maximum atomic E-state index is 13.0. The molecule has 12 atom stereocenters. The average Bonchev–Trinajstić information content (AvgIpc) is 0.861. The Balaban J connectivity index is 0.000000295. The van der Waals surface area contributed by atoms with Gasteiger partial charge in [-0.1, -0.05) is 303 Å². The molecule has 3 fully saturated rings. The fraction of sp³-hybridized carbons (Fsp3) is 0.427. The summed E-state index contributed by atoms with van der Waals surface area (Å²) in [6, 6.07) is 103. The number of carboxylic acid groups (broad SMARTS) is 1. The van der Waals surface area contributed by atoms with Gasteiger partial charge in [0.15, 0.2) is 0 Å². The molecule has 10 aromatic rings. The van der Waals surface area contributed by atoms with E-state index in [2.05, 4.69) is 252 Å². The highest BCUT2D eigenvalue weighted by molar-refractivity contribution is 5.86. The summed E-state index contributed by atoms with van der Waals surface area (Å²) in [5.74, 6) is -1.32. The highest BCUT2D eigenvalue weighted by Gasteiger charge is 2.31. The maximum Gasteiger partial charge on any atom is 0.408 e. The van der Waals surface area contributed by atoms with E-state index >= 15 is 0 Å². The quantitative estimate of drug-likeness (QED) is 0.0138. The molecule has 0 spiro atoms. The molecule has 0 aromatic heterocycles. The molecule has 0 unspecified atom stereocenters. The summed E-state index contributed by atoms with van der Waals surface area (Å²) in [6.45, 7) is 48.8. The Morgan fingerprint density at radius 2 is 0.674 bits per heavy atom. The second kappa shape index (κ2) is 66.8. The molecule has 27 heteroatoms. The summed E-state index contributed by atoms with van der Waals surface area (Å²) < 4.78 is 14.9. The van der Waals surface area contributed by atoms with Gasteiger partial charge in [-0.3, -0.25) is 38.7 Å². The fourth-order valence-electron chi connectivity index (χ4n) is 16.3. The minimum atomic E-state index is -1.09. The molecular weight excluding hydrogens is 1830 g/mol. The Kier molecular flexibility index (Phi) is 56.8. The number of piperazine rings is 3. The third-order valence-corrected chi connectivity index (χ3v) is 22.5. The zero-order chi connectivity index (χ0) is 105. The highest BCUT2D eigenvalue weighted by Crippen LogP contribution is 2.20. The highest BCUT2D eigenvalue weighted by atomic mass is 35.5. The van der Waals surface area contributed by atoms with Crippen molar-refractivity contribution in [2.75, 3.05) is 52.9 Å². The van der Waals surface area contributed by atoms with Crippen LogP contribution in [0, 0.1) is 0 Å². The average molecular weight is 1990 g/mol. The number of aliphatic carboxylic acids is 1. The summed E-state index contributed by atoms with van der Waals surface area (Å²) in [4.78, 5) is 94.9. The smallest absolute Gasteiger partial charge is 0.408 e. The number of ether oxygens (including phenoxy) is 3. The number of hydrogen-bond donors (Lipinski definition) is 10. The molecule has 782 valence electrons. The first-order valence-corrected chi connectivity index (χ1v) is 50.1. The number of amides is 5. The van der Waals surface area contributed by atoms with Gasteiger partial charge in [-0.15, -0.1) is 12.4 Å². The van der Waals surface area contributed by atoms with Crippen molar-refractivity contribution in [2.45, 2.75) is 274 Å². The van der Waals surface area contributed by atoms with Crippen LogP contribution in [-0.4, -0.2) is 213 Å². The number of esters is 1. The van der Waals surface area contributed by atoms with Crippen molar-refractivity contribution in [1.29, 1.82) is 0 Å². The molecule has 13 rings (SSSR count). The third kappa shape index (κ3) is 53.0. The van der Waals surface area contributed by atoms with Crippen molar-refractivity contribution in [2.24, 2.45) is 11.5 Å². The first-order valence-electron chi connectivity index (χ1n) is 50.1. The van der Waals surface area contributed by atoms with Crippen LogP contribution in [0.5, 0.6) is 0 Å². The summed E-state index contributed by atoms with van der Waals surface area (Å²) in [5, 5.41) is 30.1. The molecule has 3 heterocycles. The number of carbonyl (C=O) groups is 7. The van der Waals surface area contributed by atoms with E-state index in [1.807, 2.05) is 170 Å². The standard InChI is InChI=1S/C22H28N2O3.C21H28N2O2.C17H20N2O.C17H22N2.C13H18N2O.C13H20N2.C8H15NO4.C6H14N2.ClH/c1-17(23-21(26)27-22(2,3)4)20(25)24(15-18-11-7-5-8-12-18)16-19-13-9-6-10-14-19;1-17(22-18(2)21(24)25-3)14-23(15-19-10-6-4-7-11-19)16-20-12-8-5-9-13-20;1-14(18)17(20)19(12-15-8-4-2-5-9-15)13-16-10-6-3-7-11-16;1-15(18)12-19(13-16-8-4-2-5-9-16)14-17-10-6-3-7-11-17;1-10-8-15(13(16)11(2)14-10)9-12-6-4-3-5-7-12;1-11-8-15(9-12(2)14-11)10-13-6-4-3-5-7-13;1-5(6(10)11)9-7(12)13-8(2,3)4;1-5-3-7-4-6(2)8-5;/h5-14,17H,15-16H2,1-4H3,(H,23,26);4-13,17-18,22H,14-16H2,1-3H3;2-11,14H,12-13,18H2,1H3;2-11,15H,12-14,18H2,1H3;3-7,10-11,14H,8-9H2,1-2H3;3-7,11-12,14H,8-10H2,1-2H3;5H,1-4H3,(H,9,12)(H,10,11);5-8H,3-4H2,1-2H3;1H/t17-;17-,18-;14-;15-;10-,11-;11-,12-;5-;5-,6-;/m11111111./s1. The number of hydrogen-bond acceptors (Lipinski definition) is 20. The summed E-state index contributed by atoms with van der Waals surface area (Å²) >= 11 is 0. The molecule has 3 aliphatic heterocycles. The number of methoxy groups -OCH3 is 1. The molecular formula is C117H166ClN15O11. The normalized spacial score (nSPS) is 17.1. The van der Waals surface area contributed by atoms with Crippen LogP contribution in [0.15, 0.2) is 303 Å². The number of benzene rings is 10. The Labute approximate surface area is 865 Å². The number of halogens is 1. The lowest BCUT2D eigenvalue weighted by atomic mass is 10.1. The Morgan fingerprint density at radius 3 is 0.965 bits per heavy atom. The first kappa shape index (κ1) is 122. The fourth-order valence-corrected chi connectivity index (χ4v) is 16.3. The van der Waals surface area contributed by atoms with Gasteiger partial charge in [-0.2, -0.15) is 0 Å². The number of alkyl carbamates (subject to hydrolysis) is 2. The van der Waals surface area contributed by atoms with E-state index in [9.17, 15) is 33.6 Å². The number of carbonyl (C=O) groups excluding carboxylic acids is 6. The van der Waals surface area contributed by atoms with Crippen LogP contribution in [0.4, 0.5) is 9.59 Å². The predicted octanol–water partition coefficient (Wildman–Crippen LogP) is 17.6. The minimum absolute atomic E-state index is 0. The third-order valence-electron chi connectivity index (χ3n) is 22.5. The monoisotopic (exact) mass is 1990 g/mol. The lowest BCUT2D eigenvalue weighted by molar-refractivity contribution is -0.143. The van der Waals surface area contributed by atoms with Gasteiger partial charge in [0.1, 0.15) is 29.3 Å². The molecule has 3 saturated heterocycles. The van der Waals surface area contributed by atoms with Crippen molar-refractivity contribution in [1.82, 2.24) is 66.6 Å². The minimum Gasteiger partial charge on any atom is -0.480 e. The van der Waals surface area contributed by atoms with E-state index in [-0.39, 0.29) is 60.3 Å². The lowest BCUT2D eigenvalue weighted by Gasteiger charge is -2.36. The molecule has 0 bridgehead atoms. The van der Waals surface area contributed by atoms with Gasteiger partial charge in [0.2, 0.25) is 17.7 Å². The van der Waals surface area contributed by atoms with Crippen LogP contribution < -0.4 is 48.7 Å². The van der Waals surface area contributed by atoms with Crippen molar-refractivity contribution in [3.05, 3.63) is 359 Å². The van der Waals surface area contributed by atoms with Crippen molar-refractivity contribution < 1.29 is 52.9 Å². The number of nitrogens with one attached hydrogen (secondary N) is 7. The summed E-state index contributed by atoms with van der Waals surface area (Å²) in [6.07, 6.45) is -1.31. The Bertz CT molecular complexity index is 4990. The van der Waals surface area contributed by atoms with Gasteiger partial charge in [0.25, 0.3) is 0 Å². The number of nitrogens with two attached hydrogens (primary N) is 2. The van der Waals surface area contributed by atoms with Gasteiger partial charge >= 0.3 is 24.1 Å². The Morgan fingerprint density at radius 1 is 0.389 bits per heavy atom. The number of carboxylic acids is 1. The van der Waals surface area contributed by atoms with Crippen LogP contribution in [0.25, 0.3) is 0 Å². The second-order valence-corrected chi connectivity index (χ2v) is 39.5. The Hall–Kier alpha value is -12.0. The topological polar surface area (TPSA) is 323 Å². The van der Waals surface area contributed by atoms with Crippen molar-refractivity contribution >= 4 is 54.3 Å². The summed E-state index contributed by atoms with van der Waals surface area (Å²) in [7, 11) is 1.42. The first-order chi connectivity index (χ1) is 68.1. The molecule has 0 aliphatic carbocycles. The molecule has 26 nitrogen and oxygen atoms in total. The maximum absolute atomic E-state index is 13.0. The van der Waals surface area contributed by atoms with E-state index in [1.165, 1.54) is 47.4 Å². The van der Waals surface area contributed by atoms with Crippen LogP contribution in [0.2, 0.25) is 0 Å². The lowest BCUT2D eigenvalue weighted by Crippen LogP contribution is -2.57. The summed E-state index contributed by atoms with van der Waals surface area (Å²) in [5.41, 5.74) is 22.6. The zero-order valence-electron chi connectivity index (χ0n) is 88.6. The number of rotatable bonds is 32. The molecule has 144 heavy (non-hydrogen) atoms. The largest absolute Gasteiger partial charge is 0.480 e. The number of nitrogens with zero attached hydrogens (tertiary/aromatic N) is 6. The van der Waals surface area contributed by atoms with E-state index in [0.717, 1.165) is 107 Å². The van der Waals surface area contributed by atoms with E-state index < -0.39 is 47.5 Å². The van der Waals surface area contributed by atoms with E-state index in [0.29, 0.717) is 56.4 Å². The SMILES string of the molecule is COC(=O)[C@@H](C)N[C@H](C)CN(Cc1ccccc1)Cc1ccccc1.C[C@@H](N)C(=O)N(Cc1ccccc1)Cc1ccccc1.C[C@@H](N)CN(Cc1ccccc1)Cc1ccccc1.C[C@@H](NC(=O)OC(C)(C)C)C(=O)N(Cc1ccccc1)Cc1ccccc1.C[C@@H](NC(=O)OC(C)(C)C)C(=O)O.C[C@@H]1CN(Cc2ccccc2)C(=O)[C@@H](C)N1.C[C@@H]1CN(Cc2ccccc2)C[C@@H](C)N1.C[C@@H]1CNC[C@@H](C)N1.Cl. The van der Waals surface area contributed by atoms with Crippen LogP contribution in [0.3, 0.4) is 0 Å². The molecule has 5 amide bonds. The van der Waals surface area contributed by atoms with Gasteiger partial charge in [0, 0.05) is 154 Å². The van der Waals surface area contributed by atoms with Crippen LogP contribution in [-0.2, 0) is 104 Å². The zero-order valence-corrected chi connectivity index (χ0v) is 89.4. The van der Waals surface area contributed by atoms with Crippen molar-refractivity contribution in [3.8, 4) is 0 Å². The molecule has 0 radical (unpaired) electrons. The van der Waals surface area contributed by atoms with Gasteiger partial charge in [0.05, 0.1) is 19.2 Å². The van der Waals surface area contributed by atoms with Gasteiger partial charge < -0.3 is 82.7 Å². The van der Waals surface area contributed by atoms with Crippen LogP contribution in [0.1, 0.15) is 180 Å². The second-order valence-electron chi connectivity index (χ2n) is 39.5. The van der Waals surface area contributed by atoms with Gasteiger partial charge in [-0.25, -0.2) is 9.59 Å². The molecule has 0 saturated carbocycles. The molecule has 10 aromatic carbocycles. The molecule has 12 N–H and O–H groups in total. The van der Waals surface area contributed by atoms with Crippen molar-refractivity contribution in [3.63, 3.8) is 0 Å². The predicted molar refractivity (Wildman–Crippen MR) is 585 cm³/mol. The van der Waals surface area contributed by atoms with Gasteiger partial charge in [-0.05, 0) is 180 Å². The van der Waals surface area contributed by atoms with E-state index in [4.69, 9.17) is 30.8 Å². The van der Waals surface area contributed by atoms with Crippen LogP contribution >= 0.6 is 12.4 Å². The molecule has 3 aliphatic rings.